The lowest BCUT2D eigenvalue weighted by Crippen LogP contribution is -2.32. The quantitative estimate of drug-likeness (QED) is 0.357. The molecule has 140 valence electrons. The van der Waals surface area contributed by atoms with Crippen LogP contribution in [-0.2, 0) is 17.8 Å². The van der Waals surface area contributed by atoms with Gasteiger partial charge in [0.25, 0.3) is 5.56 Å². The van der Waals surface area contributed by atoms with Crippen LogP contribution in [0.5, 0.6) is 0 Å². The van der Waals surface area contributed by atoms with E-state index in [1.165, 1.54) is 11.8 Å². The van der Waals surface area contributed by atoms with Crippen molar-refractivity contribution in [3.05, 3.63) is 63.3 Å². The molecular weight excluding hydrogens is 376 g/mol. The van der Waals surface area contributed by atoms with Crippen molar-refractivity contribution in [2.24, 2.45) is 0 Å². The Kier molecular flexibility index (Phi) is 4.74. The van der Waals surface area contributed by atoms with Crippen LogP contribution in [0.1, 0.15) is 29.9 Å². The number of aromatic nitrogens is 2. The smallest absolute Gasteiger partial charge is 0.267 e. The number of aryl methyl sites for hydroxylation is 1. The molecule has 0 amide bonds. The lowest BCUT2D eigenvalue weighted by atomic mass is 9.94. The number of ether oxygens (including phenoxy) is 1. The van der Waals surface area contributed by atoms with Crippen LogP contribution in [0.15, 0.2) is 46.9 Å². The molecule has 4 rings (SSSR count). The van der Waals surface area contributed by atoms with Crippen molar-refractivity contribution in [3.8, 4) is 5.69 Å². The number of thioether (sulfide) groups is 1. The van der Waals surface area contributed by atoms with E-state index < -0.39 is 0 Å². The van der Waals surface area contributed by atoms with Gasteiger partial charge < -0.3 is 4.74 Å². The maximum absolute atomic E-state index is 13.6. The van der Waals surface area contributed by atoms with Crippen molar-refractivity contribution in [1.29, 1.82) is 0 Å². The maximum Gasteiger partial charge on any atom is 0.267 e. The van der Waals surface area contributed by atoms with E-state index in [2.05, 4.69) is 20.4 Å². The summed E-state index contributed by atoms with van der Waals surface area (Å²) in [6, 6.07) is 8.00. The van der Waals surface area contributed by atoms with E-state index in [0.717, 1.165) is 38.3 Å². The molecule has 3 heterocycles. The second-order valence-electron chi connectivity index (χ2n) is 7.38. The van der Waals surface area contributed by atoms with Crippen LogP contribution >= 0.6 is 23.1 Å². The summed E-state index contributed by atoms with van der Waals surface area (Å²) in [7, 11) is 0. The van der Waals surface area contributed by atoms with E-state index in [9.17, 15) is 4.79 Å². The van der Waals surface area contributed by atoms with E-state index in [4.69, 9.17) is 9.72 Å². The number of fused-ring (bicyclic) bond motifs is 3. The number of hydrogen-bond donors (Lipinski definition) is 0. The van der Waals surface area contributed by atoms with Gasteiger partial charge in [-0.25, -0.2) is 4.98 Å². The number of rotatable bonds is 4. The number of hydrogen-bond acceptors (Lipinski definition) is 5. The summed E-state index contributed by atoms with van der Waals surface area (Å²) < 4.78 is 7.69. The lowest BCUT2D eigenvalue weighted by molar-refractivity contribution is -0.0379. The zero-order valence-electron chi connectivity index (χ0n) is 15.7. The summed E-state index contributed by atoms with van der Waals surface area (Å²) in [5.41, 5.74) is 2.81. The van der Waals surface area contributed by atoms with Crippen molar-refractivity contribution >= 4 is 33.3 Å². The predicted molar refractivity (Wildman–Crippen MR) is 113 cm³/mol. The normalized spacial score (nSPS) is 15.7. The topological polar surface area (TPSA) is 44.1 Å². The molecule has 2 aromatic heterocycles. The molecule has 1 aliphatic heterocycles. The first kappa shape index (κ1) is 18.5. The number of thiophene rings is 1. The highest BCUT2D eigenvalue weighted by molar-refractivity contribution is 7.99. The second kappa shape index (κ2) is 6.93. The molecular formula is C21H22N2O2S2. The van der Waals surface area contributed by atoms with E-state index in [1.54, 1.807) is 15.9 Å². The third-order valence-electron chi connectivity index (χ3n) is 4.66. The van der Waals surface area contributed by atoms with Gasteiger partial charge >= 0.3 is 0 Å². The first-order chi connectivity index (χ1) is 12.9. The molecule has 0 aliphatic carbocycles. The van der Waals surface area contributed by atoms with Gasteiger partial charge in [0.15, 0.2) is 5.16 Å². The Morgan fingerprint density at radius 1 is 1.44 bits per heavy atom. The van der Waals surface area contributed by atoms with E-state index in [0.29, 0.717) is 17.5 Å². The predicted octanol–water partition coefficient (Wildman–Crippen LogP) is 4.89. The molecule has 0 saturated carbocycles. The van der Waals surface area contributed by atoms with Crippen LogP contribution < -0.4 is 5.56 Å². The van der Waals surface area contributed by atoms with Crippen molar-refractivity contribution in [2.45, 2.75) is 44.6 Å². The average molecular weight is 399 g/mol. The number of nitrogens with zero attached hydrogens (tertiary/aromatic N) is 2. The van der Waals surface area contributed by atoms with Crippen LogP contribution in [0.3, 0.4) is 0 Å². The maximum atomic E-state index is 13.6. The molecule has 1 aliphatic rings. The zero-order chi connectivity index (χ0) is 19.2. The highest BCUT2D eigenvalue weighted by Gasteiger charge is 2.31. The van der Waals surface area contributed by atoms with Gasteiger partial charge in [-0.15, -0.1) is 17.9 Å². The van der Waals surface area contributed by atoms with Gasteiger partial charge in [0.2, 0.25) is 0 Å². The molecule has 0 unspecified atom stereocenters. The molecule has 0 N–H and O–H groups in total. The molecule has 4 nitrogen and oxygen atoms in total. The molecule has 3 aromatic rings. The summed E-state index contributed by atoms with van der Waals surface area (Å²) in [6.07, 6.45) is 2.56. The second-order valence-corrected chi connectivity index (χ2v) is 9.45. The summed E-state index contributed by atoms with van der Waals surface area (Å²) in [5.74, 6) is 0.699. The van der Waals surface area contributed by atoms with Crippen molar-refractivity contribution in [3.63, 3.8) is 0 Å². The molecule has 6 heteroatoms. The minimum atomic E-state index is -0.266. The number of benzene rings is 1. The average Bonchev–Trinajstić information content (AvgIpc) is 2.96. The summed E-state index contributed by atoms with van der Waals surface area (Å²) in [5, 5.41) is 1.45. The van der Waals surface area contributed by atoms with Gasteiger partial charge in [0, 0.05) is 17.1 Å². The minimum Gasteiger partial charge on any atom is -0.370 e. The fourth-order valence-electron chi connectivity index (χ4n) is 3.40. The summed E-state index contributed by atoms with van der Waals surface area (Å²) >= 11 is 3.11. The van der Waals surface area contributed by atoms with Gasteiger partial charge in [-0.1, -0.05) is 30.0 Å². The van der Waals surface area contributed by atoms with Gasteiger partial charge in [-0.05, 0) is 44.0 Å². The highest BCUT2D eigenvalue weighted by Crippen LogP contribution is 2.37. The fourth-order valence-corrected chi connectivity index (χ4v) is 5.29. The Labute approximate surface area is 166 Å². The minimum absolute atomic E-state index is 0.00682. The van der Waals surface area contributed by atoms with Gasteiger partial charge in [0.1, 0.15) is 4.83 Å². The van der Waals surface area contributed by atoms with Crippen molar-refractivity contribution in [1.82, 2.24) is 9.55 Å². The fraction of sp³-hybridized carbons (Fsp3) is 0.333. The standard InChI is InChI=1S/C21H22N2O2S2/c1-5-9-26-20-22-18-17(15-11-21(3,4)25-12-16(15)27-18)19(24)23(20)14-8-6-7-13(2)10-14/h5-8,10H,1,9,11-12H2,2-4H3. The van der Waals surface area contributed by atoms with Crippen molar-refractivity contribution < 1.29 is 4.74 Å². The summed E-state index contributed by atoms with van der Waals surface area (Å²) in [4.78, 5) is 20.4. The Morgan fingerprint density at radius 3 is 3.00 bits per heavy atom. The SMILES string of the molecule is C=CCSc1nc2sc3c(c2c(=O)n1-c1cccc(C)c1)CC(C)(C)OC3. The monoisotopic (exact) mass is 398 g/mol. The Morgan fingerprint density at radius 2 is 2.26 bits per heavy atom. The molecule has 0 fully saturated rings. The lowest BCUT2D eigenvalue weighted by Gasteiger charge is -2.29. The Bertz CT molecular complexity index is 1100. The molecule has 27 heavy (non-hydrogen) atoms. The van der Waals surface area contributed by atoms with E-state index in [1.807, 2.05) is 37.3 Å². The molecule has 1 aromatic carbocycles. The first-order valence-electron chi connectivity index (χ1n) is 8.91. The third kappa shape index (κ3) is 3.37. The van der Waals surface area contributed by atoms with E-state index in [-0.39, 0.29) is 11.2 Å². The van der Waals surface area contributed by atoms with Crippen molar-refractivity contribution in [2.75, 3.05) is 5.75 Å². The zero-order valence-corrected chi connectivity index (χ0v) is 17.4. The van der Waals surface area contributed by atoms with Gasteiger partial charge in [-0.3, -0.25) is 9.36 Å². The van der Waals surface area contributed by atoms with Crippen LogP contribution in [0.25, 0.3) is 15.9 Å². The third-order valence-corrected chi connectivity index (χ3v) is 6.70. The highest BCUT2D eigenvalue weighted by atomic mass is 32.2. The van der Waals surface area contributed by atoms with Crippen LogP contribution in [0, 0.1) is 6.92 Å². The van der Waals surface area contributed by atoms with Crippen LogP contribution in [0.2, 0.25) is 0 Å². The van der Waals surface area contributed by atoms with Gasteiger partial charge in [-0.2, -0.15) is 0 Å². The Balaban J connectivity index is 2.01. The molecule has 0 saturated heterocycles. The summed E-state index contributed by atoms with van der Waals surface area (Å²) in [6.45, 7) is 10.5. The molecule has 0 radical (unpaired) electrons. The van der Waals surface area contributed by atoms with E-state index >= 15 is 0 Å². The molecule has 0 atom stereocenters. The largest absolute Gasteiger partial charge is 0.370 e. The van der Waals surface area contributed by atoms with Crippen LogP contribution in [-0.4, -0.2) is 20.9 Å². The van der Waals surface area contributed by atoms with Crippen LogP contribution in [0.4, 0.5) is 0 Å². The Hall–Kier alpha value is -1.89. The van der Waals surface area contributed by atoms with Gasteiger partial charge in [0.05, 0.1) is 23.3 Å². The molecule has 0 bridgehead atoms. The molecule has 0 spiro atoms. The first-order valence-corrected chi connectivity index (χ1v) is 10.7.